The van der Waals surface area contributed by atoms with Gasteiger partial charge in [0.2, 0.25) is 5.91 Å². The molecule has 0 aromatic heterocycles. The van der Waals surface area contributed by atoms with Crippen LogP contribution in [0.2, 0.25) is 5.02 Å². The van der Waals surface area contributed by atoms with Gasteiger partial charge in [0, 0.05) is 30.2 Å². The van der Waals surface area contributed by atoms with Crippen LogP contribution in [0.1, 0.15) is 18.4 Å². The van der Waals surface area contributed by atoms with Gasteiger partial charge >= 0.3 is 0 Å². The molecule has 1 amide bonds. The van der Waals surface area contributed by atoms with Crippen LogP contribution < -0.4 is 10.6 Å². The van der Waals surface area contributed by atoms with Crippen LogP contribution in [0.3, 0.4) is 0 Å². The number of carbonyl (C=O) groups excluding carboxylic acids is 1. The van der Waals surface area contributed by atoms with Gasteiger partial charge < -0.3 is 10.6 Å². The van der Waals surface area contributed by atoms with Crippen LogP contribution in [0.15, 0.2) is 18.2 Å². The number of nitrogens with two attached hydrogens (primary N) is 1. The monoisotopic (exact) mass is 224 g/mol. The lowest BCUT2D eigenvalue weighted by atomic mass is 10.1. The number of nitrogens with zero attached hydrogens (tertiary/aromatic N) is 1. The SMILES string of the molecule is NCc1cc(Cl)ccc1N1CCCC1=O. The first-order valence-electron chi connectivity index (χ1n) is 5.01. The molecule has 1 aromatic rings. The van der Waals surface area contributed by atoms with Gasteiger partial charge in [0.25, 0.3) is 0 Å². The first kappa shape index (κ1) is 10.5. The van der Waals surface area contributed by atoms with Crippen LogP contribution >= 0.6 is 11.6 Å². The van der Waals surface area contributed by atoms with Crippen molar-refractivity contribution < 1.29 is 4.79 Å². The summed E-state index contributed by atoms with van der Waals surface area (Å²) in [5, 5.41) is 0.658. The van der Waals surface area contributed by atoms with E-state index in [0.717, 1.165) is 24.2 Å². The van der Waals surface area contributed by atoms with E-state index in [2.05, 4.69) is 0 Å². The molecule has 1 fully saturated rings. The fourth-order valence-corrected chi connectivity index (χ4v) is 2.08. The Morgan fingerprint density at radius 3 is 2.87 bits per heavy atom. The zero-order valence-electron chi connectivity index (χ0n) is 8.37. The van der Waals surface area contributed by atoms with Crippen LogP contribution in [-0.4, -0.2) is 12.5 Å². The number of halogens is 1. The van der Waals surface area contributed by atoms with Crippen LogP contribution in [-0.2, 0) is 11.3 Å². The summed E-state index contributed by atoms with van der Waals surface area (Å²) in [6.07, 6.45) is 1.55. The Hall–Kier alpha value is -1.06. The molecular weight excluding hydrogens is 212 g/mol. The van der Waals surface area contributed by atoms with Gasteiger partial charge in [-0.25, -0.2) is 0 Å². The highest BCUT2D eigenvalue weighted by atomic mass is 35.5. The number of amides is 1. The van der Waals surface area contributed by atoms with Crippen molar-refractivity contribution in [3.63, 3.8) is 0 Å². The largest absolute Gasteiger partial charge is 0.326 e. The number of anilines is 1. The Labute approximate surface area is 93.8 Å². The maximum atomic E-state index is 11.6. The van der Waals surface area contributed by atoms with Crippen molar-refractivity contribution in [3.05, 3.63) is 28.8 Å². The molecule has 2 rings (SSSR count). The molecule has 0 radical (unpaired) electrons. The Kier molecular flexibility index (Phi) is 2.93. The molecule has 1 aromatic carbocycles. The lowest BCUT2D eigenvalue weighted by Crippen LogP contribution is -2.25. The van der Waals surface area contributed by atoms with E-state index < -0.39 is 0 Å². The minimum atomic E-state index is 0.173. The summed E-state index contributed by atoms with van der Waals surface area (Å²) < 4.78 is 0. The fraction of sp³-hybridized carbons (Fsp3) is 0.364. The molecule has 0 unspecified atom stereocenters. The predicted molar refractivity (Wildman–Crippen MR) is 60.9 cm³/mol. The number of hydrogen-bond donors (Lipinski definition) is 1. The molecule has 1 aliphatic rings. The van der Waals surface area contributed by atoms with E-state index in [9.17, 15) is 4.79 Å². The third-order valence-corrected chi connectivity index (χ3v) is 2.86. The summed E-state index contributed by atoms with van der Waals surface area (Å²) in [7, 11) is 0. The van der Waals surface area contributed by atoms with Gasteiger partial charge in [0.1, 0.15) is 0 Å². The van der Waals surface area contributed by atoms with E-state index in [1.807, 2.05) is 12.1 Å². The van der Waals surface area contributed by atoms with Crippen molar-refractivity contribution >= 4 is 23.2 Å². The fourth-order valence-electron chi connectivity index (χ4n) is 1.88. The number of rotatable bonds is 2. The quantitative estimate of drug-likeness (QED) is 0.835. The molecular formula is C11H13ClN2O. The first-order chi connectivity index (χ1) is 7.22. The maximum Gasteiger partial charge on any atom is 0.227 e. The smallest absolute Gasteiger partial charge is 0.227 e. The third kappa shape index (κ3) is 1.98. The van der Waals surface area contributed by atoms with Crippen LogP contribution in [0, 0.1) is 0 Å². The summed E-state index contributed by atoms with van der Waals surface area (Å²) in [5.74, 6) is 0.173. The molecule has 1 heterocycles. The normalized spacial score (nSPS) is 16.1. The van der Waals surface area contributed by atoms with Crippen molar-refractivity contribution in [3.8, 4) is 0 Å². The van der Waals surface area contributed by atoms with E-state index in [-0.39, 0.29) is 5.91 Å². The molecule has 1 aliphatic heterocycles. The molecule has 3 nitrogen and oxygen atoms in total. The van der Waals surface area contributed by atoms with Gasteiger partial charge in [-0.15, -0.1) is 0 Å². The third-order valence-electron chi connectivity index (χ3n) is 2.63. The molecule has 1 saturated heterocycles. The summed E-state index contributed by atoms with van der Waals surface area (Å²) in [6.45, 7) is 1.19. The van der Waals surface area contributed by atoms with Gasteiger partial charge in [-0.2, -0.15) is 0 Å². The molecule has 0 saturated carbocycles. The zero-order chi connectivity index (χ0) is 10.8. The molecule has 0 aliphatic carbocycles. The topological polar surface area (TPSA) is 46.3 Å². The van der Waals surface area contributed by atoms with Crippen LogP contribution in [0.25, 0.3) is 0 Å². The molecule has 80 valence electrons. The van der Waals surface area contributed by atoms with E-state index in [1.165, 1.54) is 0 Å². The zero-order valence-corrected chi connectivity index (χ0v) is 9.13. The van der Waals surface area contributed by atoms with Gasteiger partial charge in [0.15, 0.2) is 0 Å². The first-order valence-corrected chi connectivity index (χ1v) is 5.39. The average Bonchev–Trinajstić information content (AvgIpc) is 2.64. The molecule has 0 bridgehead atoms. The molecule has 0 atom stereocenters. The highest BCUT2D eigenvalue weighted by Crippen LogP contribution is 2.27. The summed E-state index contributed by atoms with van der Waals surface area (Å²) in [5.41, 5.74) is 7.47. The second kappa shape index (κ2) is 4.21. The molecule has 2 N–H and O–H groups in total. The van der Waals surface area contributed by atoms with Gasteiger partial charge in [-0.3, -0.25) is 4.79 Å². The summed E-state index contributed by atoms with van der Waals surface area (Å²) >= 11 is 5.88. The van der Waals surface area contributed by atoms with Crippen molar-refractivity contribution in [1.29, 1.82) is 0 Å². The number of hydrogen-bond acceptors (Lipinski definition) is 2. The van der Waals surface area contributed by atoms with Gasteiger partial charge in [-0.1, -0.05) is 11.6 Å². The molecule has 4 heteroatoms. The van der Waals surface area contributed by atoms with Crippen molar-refractivity contribution in [2.75, 3.05) is 11.4 Å². The maximum absolute atomic E-state index is 11.6. The highest BCUT2D eigenvalue weighted by molar-refractivity contribution is 6.30. The lowest BCUT2D eigenvalue weighted by molar-refractivity contribution is -0.117. The predicted octanol–water partition coefficient (Wildman–Crippen LogP) is 1.93. The average molecular weight is 225 g/mol. The van der Waals surface area contributed by atoms with E-state index in [0.29, 0.717) is 18.0 Å². The molecule has 15 heavy (non-hydrogen) atoms. The van der Waals surface area contributed by atoms with Crippen LogP contribution in [0.4, 0.5) is 5.69 Å². The van der Waals surface area contributed by atoms with E-state index in [1.54, 1.807) is 11.0 Å². The van der Waals surface area contributed by atoms with Crippen molar-refractivity contribution in [2.45, 2.75) is 19.4 Å². The van der Waals surface area contributed by atoms with Crippen molar-refractivity contribution in [2.24, 2.45) is 5.73 Å². The lowest BCUT2D eigenvalue weighted by Gasteiger charge is -2.19. The van der Waals surface area contributed by atoms with Gasteiger partial charge in [-0.05, 0) is 30.2 Å². The highest BCUT2D eigenvalue weighted by Gasteiger charge is 2.23. The summed E-state index contributed by atoms with van der Waals surface area (Å²) in [4.78, 5) is 13.4. The standard InChI is InChI=1S/C11H13ClN2O/c12-9-3-4-10(8(6-9)7-13)14-5-1-2-11(14)15/h3-4,6H,1-2,5,7,13H2. The molecule has 0 spiro atoms. The van der Waals surface area contributed by atoms with E-state index in [4.69, 9.17) is 17.3 Å². The Bertz CT molecular complexity index is 392. The van der Waals surface area contributed by atoms with E-state index >= 15 is 0 Å². The number of benzene rings is 1. The number of carbonyl (C=O) groups is 1. The van der Waals surface area contributed by atoms with Crippen LogP contribution in [0.5, 0.6) is 0 Å². The minimum Gasteiger partial charge on any atom is -0.326 e. The minimum absolute atomic E-state index is 0.173. The Morgan fingerprint density at radius 2 is 2.27 bits per heavy atom. The second-order valence-electron chi connectivity index (χ2n) is 3.63. The van der Waals surface area contributed by atoms with Crippen molar-refractivity contribution in [1.82, 2.24) is 0 Å². The van der Waals surface area contributed by atoms with Gasteiger partial charge in [0.05, 0.1) is 0 Å². The second-order valence-corrected chi connectivity index (χ2v) is 4.06. The Morgan fingerprint density at radius 1 is 1.47 bits per heavy atom. The Balaban J connectivity index is 2.38. The summed E-state index contributed by atoms with van der Waals surface area (Å²) in [6, 6.07) is 5.48.